The topological polar surface area (TPSA) is 220 Å². The summed E-state index contributed by atoms with van der Waals surface area (Å²) in [6, 6.07) is 0. The van der Waals surface area contributed by atoms with E-state index in [9.17, 15) is 38.4 Å². The second-order valence-electron chi connectivity index (χ2n) is 30.2. The average Bonchev–Trinajstić information content (AvgIpc) is 1.65. The molecule has 12 aliphatic rings. The standard InChI is InChI=1S/C20H30O4.C18H28O5.C18H30O4.C15H24O4/c1-4-11(2)19(22)23-10-16(21)24-20(3)9-14-8-15(20)18-13-6-5-12(7-13)17(14)18;1-3-11(2)18(20)21-9-16(19)22-10-23-17-14-5-12-4-13(7-14)8-15(17)6-12;1-4-14(2)16(20)21-13-15(19)22-17(3)9-5-6-10-18(17)11-7-8-12-18;1-4-10(2)14(17)18-9-13(16)19-15(3)8-11-5-6-12(15)7-11/h11-15,17-18H,4-10H2,1-3H3;11-15,17H,3-10H2,1-2H3;14H,4-13H2,1-3H3;10-12H,4-9H2,1-3H3. The van der Waals surface area contributed by atoms with Gasteiger partial charge in [-0.3, -0.25) is 19.2 Å². The molecule has 10 bridgehead atoms. The minimum absolute atomic E-state index is 0.0211. The average molecular weight is 1240 g/mol. The van der Waals surface area contributed by atoms with Crippen LogP contribution in [-0.2, 0) is 81.0 Å². The minimum Gasteiger partial charge on any atom is -0.457 e. The molecule has 0 aliphatic heterocycles. The Morgan fingerprint density at radius 3 is 1.31 bits per heavy atom. The van der Waals surface area contributed by atoms with Crippen LogP contribution in [0.25, 0.3) is 0 Å². The summed E-state index contributed by atoms with van der Waals surface area (Å²) in [5.74, 6) is 5.39. The van der Waals surface area contributed by atoms with Crippen molar-refractivity contribution in [1.82, 2.24) is 0 Å². The molecule has 15 unspecified atom stereocenters. The molecule has 12 saturated carbocycles. The van der Waals surface area contributed by atoms with Crippen LogP contribution in [-0.4, -0.2) is 104 Å². The van der Waals surface area contributed by atoms with E-state index in [2.05, 4.69) is 13.8 Å². The molecule has 12 fully saturated rings. The number of rotatable bonds is 22. The SMILES string of the molecule is CCC(C)C(=O)OCC(=O)OC1(C)CC2CC1C1C3CCC(C3)C21.CCC(C)C(=O)OCC(=O)OC1(C)CC2CCC1C2.CCC(C)C(=O)OCC(=O)OC1(C)CCCCC12CCCC2.CCC(C)C(=O)OCC(=O)OCOC1C2CC3CC(C2)CC1C3. The fraction of sp³-hybridized carbons (Fsp3) is 0.887. The second-order valence-corrected chi connectivity index (χ2v) is 30.2. The zero-order valence-corrected chi connectivity index (χ0v) is 55.7. The predicted molar refractivity (Wildman–Crippen MR) is 327 cm³/mol. The van der Waals surface area contributed by atoms with Crippen LogP contribution in [0.4, 0.5) is 0 Å². The first kappa shape index (κ1) is 69.6. The molecule has 0 saturated heterocycles. The van der Waals surface area contributed by atoms with Crippen molar-refractivity contribution in [3.05, 3.63) is 0 Å². The number of ether oxygens (including phenoxy) is 9. The van der Waals surface area contributed by atoms with Crippen LogP contribution in [0, 0.1) is 100 Å². The summed E-state index contributed by atoms with van der Waals surface area (Å²) >= 11 is 0. The molecule has 1 spiro atoms. The molecule has 0 radical (unpaired) electrons. The summed E-state index contributed by atoms with van der Waals surface area (Å²) in [5, 5.41) is 0. The van der Waals surface area contributed by atoms with Crippen molar-refractivity contribution in [3.63, 3.8) is 0 Å². The maximum absolute atomic E-state index is 12.2. The molecule has 0 aromatic carbocycles. The molecule has 0 heterocycles. The van der Waals surface area contributed by atoms with Gasteiger partial charge in [-0.1, -0.05) is 74.7 Å². The van der Waals surface area contributed by atoms with E-state index in [-0.39, 0.29) is 115 Å². The van der Waals surface area contributed by atoms with Crippen molar-refractivity contribution in [3.8, 4) is 0 Å². The van der Waals surface area contributed by atoms with Crippen molar-refractivity contribution in [2.45, 2.75) is 266 Å². The summed E-state index contributed by atoms with van der Waals surface area (Å²) in [5.41, 5.74) is -0.901. The lowest BCUT2D eigenvalue weighted by Crippen LogP contribution is -2.50. The highest BCUT2D eigenvalue weighted by atomic mass is 16.7. The van der Waals surface area contributed by atoms with Gasteiger partial charge in [0.05, 0.1) is 29.8 Å². The maximum atomic E-state index is 12.2. The van der Waals surface area contributed by atoms with Crippen molar-refractivity contribution >= 4 is 47.8 Å². The molecule has 498 valence electrons. The number of carbonyl (C=O) groups is 8. The first-order chi connectivity index (χ1) is 41.9. The Kier molecular flexibility index (Phi) is 24.1. The minimum atomic E-state index is -0.537. The molecule has 0 aromatic heterocycles. The van der Waals surface area contributed by atoms with Crippen LogP contribution >= 0.6 is 0 Å². The van der Waals surface area contributed by atoms with Crippen LogP contribution in [0.5, 0.6) is 0 Å². The molecular formula is C71H112O17. The Hall–Kier alpha value is -4.28. The van der Waals surface area contributed by atoms with E-state index in [0.29, 0.717) is 42.4 Å². The third kappa shape index (κ3) is 16.5. The molecule has 12 rings (SSSR count). The Morgan fingerprint density at radius 1 is 0.409 bits per heavy atom. The third-order valence-corrected chi connectivity index (χ3v) is 24.4. The highest BCUT2D eigenvalue weighted by molar-refractivity contribution is 5.79. The summed E-state index contributed by atoms with van der Waals surface area (Å²) in [6.07, 6.45) is 29.8. The van der Waals surface area contributed by atoms with Crippen molar-refractivity contribution in [2.24, 2.45) is 100 Å². The molecule has 12 aliphatic carbocycles. The summed E-state index contributed by atoms with van der Waals surface area (Å²) in [4.78, 5) is 94.2. The Balaban J connectivity index is 0.000000153. The summed E-state index contributed by atoms with van der Waals surface area (Å²) in [6.45, 7) is 20.0. The fourth-order valence-electron chi connectivity index (χ4n) is 19.1. The molecule has 15 atom stereocenters. The Labute approximate surface area is 526 Å². The first-order valence-corrected chi connectivity index (χ1v) is 34.9. The monoisotopic (exact) mass is 1240 g/mol. The number of hydrogen-bond acceptors (Lipinski definition) is 17. The quantitative estimate of drug-likeness (QED) is 0.0426. The summed E-state index contributed by atoms with van der Waals surface area (Å²) < 4.78 is 48.4. The van der Waals surface area contributed by atoms with Gasteiger partial charge in [0, 0.05) is 11.3 Å². The van der Waals surface area contributed by atoms with Gasteiger partial charge in [-0.25, -0.2) is 19.2 Å². The van der Waals surface area contributed by atoms with Gasteiger partial charge in [0.1, 0.15) is 16.8 Å². The van der Waals surface area contributed by atoms with Gasteiger partial charge in [-0.2, -0.15) is 0 Å². The lowest BCUT2D eigenvalue weighted by molar-refractivity contribution is -0.191. The fourth-order valence-corrected chi connectivity index (χ4v) is 19.1. The number of hydrogen-bond donors (Lipinski definition) is 0. The highest BCUT2D eigenvalue weighted by Gasteiger charge is 2.67. The van der Waals surface area contributed by atoms with E-state index in [1.807, 2.05) is 48.5 Å². The largest absolute Gasteiger partial charge is 0.457 e. The first-order valence-electron chi connectivity index (χ1n) is 34.9. The van der Waals surface area contributed by atoms with E-state index in [4.69, 9.17) is 42.6 Å². The molecule has 17 nitrogen and oxygen atoms in total. The van der Waals surface area contributed by atoms with Gasteiger partial charge in [0.25, 0.3) is 0 Å². The van der Waals surface area contributed by atoms with E-state index in [0.717, 1.165) is 106 Å². The van der Waals surface area contributed by atoms with Crippen LogP contribution in [0.1, 0.15) is 243 Å². The highest BCUT2D eigenvalue weighted by Crippen LogP contribution is 2.70. The number of esters is 8. The van der Waals surface area contributed by atoms with Gasteiger partial charge in [-0.05, 0) is 234 Å². The van der Waals surface area contributed by atoms with E-state index < -0.39 is 17.9 Å². The molecule has 0 N–H and O–H groups in total. The normalized spacial score (nSPS) is 36.3. The summed E-state index contributed by atoms with van der Waals surface area (Å²) in [7, 11) is 0. The second kappa shape index (κ2) is 30.4. The van der Waals surface area contributed by atoms with Gasteiger partial charge < -0.3 is 42.6 Å². The maximum Gasteiger partial charge on any atom is 0.346 e. The zero-order chi connectivity index (χ0) is 63.7. The predicted octanol–water partition coefficient (Wildman–Crippen LogP) is 13.2. The molecule has 0 aromatic rings. The van der Waals surface area contributed by atoms with Gasteiger partial charge in [0.2, 0.25) is 0 Å². The number of carbonyl (C=O) groups excluding carboxylic acids is 8. The molecule has 17 heteroatoms. The van der Waals surface area contributed by atoms with E-state index in [1.165, 1.54) is 89.9 Å². The van der Waals surface area contributed by atoms with E-state index in [1.54, 1.807) is 13.8 Å². The molecule has 88 heavy (non-hydrogen) atoms. The smallest absolute Gasteiger partial charge is 0.346 e. The van der Waals surface area contributed by atoms with Gasteiger partial charge in [0.15, 0.2) is 33.2 Å². The van der Waals surface area contributed by atoms with Crippen LogP contribution < -0.4 is 0 Å². The Morgan fingerprint density at radius 2 is 0.852 bits per heavy atom. The third-order valence-electron chi connectivity index (χ3n) is 24.4. The van der Waals surface area contributed by atoms with Crippen molar-refractivity contribution in [1.29, 1.82) is 0 Å². The Bertz CT molecular complexity index is 2390. The van der Waals surface area contributed by atoms with Gasteiger partial charge in [-0.15, -0.1) is 0 Å². The van der Waals surface area contributed by atoms with Crippen molar-refractivity contribution in [2.75, 3.05) is 33.2 Å². The van der Waals surface area contributed by atoms with Crippen LogP contribution in [0.3, 0.4) is 0 Å². The molecule has 0 amide bonds. The zero-order valence-electron chi connectivity index (χ0n) is 55.7. The van der Waals surface area contributed by atoms with Crippen molar-refractivity contribution < 1.29 is 81.0 Å². The van der Waals surface area contributed by atoms with Crippen LogP contribution in [0.2, 0.25) is 0 Å². The van der Waals surface area contributed by atoms with Gasteiger partial charge >= 0.3 is 47.8 Å². The lowest BCUT2D eigenvalue weighted by Gasteiger charge is -2.53. The van der Waals surface area contributed by atoms with E-state index >= 15 is 0 Å². The lowest BCUT2D eigenvalue weighted by atomic mass is 9.55. The van der Waals surface area contributed by atoms with Crippen LogP contribution in [0.15, 0.2) is 0 Å². The number of fused-ring (bicyclic) bond motifs is 11. The molecular weight excluding hydrogens is 1120 g/mol.